The number of ether oxygens (including phenoxy) is 1. The van der Waals surface area contributed by atoms with Crippen molar-refractivity contribution in [2.45, 2.75) is 13.0 Å². The molecule has 116 valence electrons. The van der Waals surface area contributed by atoms with Crippen molar-refractivity contribution >= 4 is 22.8 Å². The highest BCUT2D eigenvalue weighted by Crippen LogP contribution is 2.19. The zero-order valence-corrected chi connectivity index (χ0v) is 13.1. The van der Waals surface area contributed by atoms with Crippen molar-refractivity contribution in [1.82, 2.24) is 10.2 Å². The molecule has 0 saturated heterocycles. The first-order valence-electron chi connectivity index (χ1n) is 7.06. The van der Waals surface area contributed by atoms with Crippen LogP contribution in [0.4, 0.5) is 4.79 Å². The normalized spacial score (nSPS) is 10.3. The molecule has 0 heterocycles. The third-order valence-corrected chi connectivity index (χ3v) is 3.34. The summed E-state index contributed by atoms with van der Waals surface area (Å²) in [5.74, 6) is -0.00781. The Balaban J connectivity index is 2.13. The monoisotopic (exact) mass is 300 g/mol. The maximum Gasteiger partial charge on any atom is 0.409 e. The van der Waals surface area contributed by atoms with Gasteiger partial charge in [-0.3, -0.25) is 4.79 Å². The maximum absolute atomic E-state index is 11.4. The minimum absolute atomic E-state index is 0.00781. The molecule has 0 radical (unpaired) electrons. The van der Waals surface area contributed by atoms with Gasteiger partial charge in [0.2, 0.25) is 5.91 Å². The van der Waals surface area contributed by atoms with Crippen LogP contribution in [0.2, 0.25) is 0 Å². The van der Waals surface area contributed by atoms with Crippen molar-refractivity contribution in [3.05, 3.63) is 47.5 Å². The number of hydrogen-bond acceptors (Lipinski definition) is 3. The molecule has 22 heavy (non-hydrogen) atoms. The lowest BCUT2D eigenvalue weighted by atomic mass is 10.0. The summed E-state index contributed by atoms with van der Waals surface area (Å²) in [5, 5.41) is 4.73. The van der Waals surface area contributed by atoms with Crippen LogP contribution in [0.25, 0.3) is 10.8 Å². The molecule has 0 spiro atoms. The molecule has 0 saturated carbocycles. The van der Waals surface area contributed by atoms with Crippen molar-refractivity contribution in [2.24, 2.45) is 0 Å². The van der Waals surface area contributed by atoms with E-state index in [4.69, 9.17) is 4.74 Å². The fourth-order valence-corrected chi connectivity index (χ4v) is 2.09. The van der Waals surface area contributed by atoms with E-state index in [-0.39, 0.29) is 18.6 Å². The second-order valence-electron chi connectivity index (χ2n) is 5.31. The van der Waals surface area contributed by atoms with E-state index in [0.29, 0.717) is 6.42 Å². The van der Waals surface area contributed by atoms with Crippen LogP contribution in [0, 0.1) is 0 Å². The van der Waals surface area contributed by atoms with Crippen LogP contribution in [0.15, 0.2) is 36.4 Å². The molecule has 0 aliphatic rings. The summed E-state index contributed by atoms with van der Waals surface area (Å²) in [5.41, 5.74) is 1.90. The first-order valence-corrected chi connectivity index (χ1v) is 7.06. The summed E-state index contributed by atoms with van der Waals surface area (Å²) in [4.78, 5) is 24.2. The number of nitrogens with zero attached hydrogens (tertiary/aromatic N) is 1. The average molecular weight is 300 g/mol. The minimum atomic E-state index is -0.360. The largest absolute Gasteiger partial charge is 0.445 e. The van der Waals surface area contributed by atoms with Crippen LogP contribution in [0.5, 0.6) is 0 Å². The van der Waals surface area contributed by atoms with Gasteiger partial charge >= 0.3 is 6.09 Å². The molecule has 2 aromatic rings. The van der Waals surface area contributed by atoms with Gasteiger partial charge in [-0.25, -0.2) is 4.79 Å². The lowest BCUT2D eigenvalue weighted by Crippen LogP contribution is -2.22. The minimum Gasteiger partial charge on any atom is -0.445 e. The number of carbonyl (C=O) groups excluding carboxylic acids is 2. The fourth-order valence-electron chi connectivity index (χ4n) is 2.09. The Morgan fingerprint density at radius 1 is 1.05 bits per heavy atom. The summed E-state index contributed by atoms with van der Waals surface area (Å²) in [7, 11) is 4.93. The van der Waals surface area contributed by atoms with E-state index in [1.165, 1.54) is 4.90 Å². The maximum atomic E-state index is 11.4. The number of carbonyl (C=O) groups is 2. The van der Waals surface area contributed by atoms with Crippen molar-refractivity contribution in [2.75, 3.05) is 21.1 Å². The van der Waals surface area contributed by atoms with Crippen LogP contribution in [0.1, 0.15) is 11.1 Å². The van der Waals surface area contributed by atoms with Gasteiger partial charge in [-0.05, 0) is 28.0 Å². The molecular formula is C17H20N2O3. The predicted octanol–water partition coefficient (Wildman–Crippen LogP) is 2.33. The van der Waals surface area contributed by atoms with E-state index < -0.39 is 0 Å². The SMILES string of the molecule is CNC(=O)Cc1ccc2cc(COC(=O)N(C)C)ccc2c1. The third kappa shape index (κ3) is 3.97. The molecule has 0 unspecified atom stereocenters. The van der Waals surface area contributed by atoms with Gasteiger partial charge in [-0.15, -0.1) is 0 Å². The van der Waals surface area contributed by atoms with E-state index in [0.717, 1.165) is 21.9 Å². The molecule has 2 aromatic carbocycles. The summed E-state index contributed by atoms with van der Waals surface area (Å²) in [6.07, 6.45) is 0.00952. The van der Waals surface area contributed by atoms with Crippen molar-refractivity contribution < 1.29 is 14.3 Å². The van der Waals surface area contributed by atoms with Gasteiger partial charge in [0.25, 0.3) is 0 Å². The van der Waals surface area contributed by atoms with Gasteiger partial charge in [0.15, 0.2) is 0 Å². The predicted molar refractivity (Wildman–Crippen MR) is 85.6 cm³/mol. The number of benzene rings is 2. The van der Waals surface area contributed by atoms with Gasteiger partial charge in [0.1, 0.15) is 6.61 Å². The Kier molecular flexibility index (Phi) is 4.99. The smallest absolute Gasteiger partial charge is 0.409 e. The highest BCUT2D eigenvalue weighted by Gasteiger charge is 2.06. The Bertz CT molecular complexity index is 695. The van der Waals surface area contributed by atoms with E-state index >= 15 is 0 Å². The molecule has 0 aromatic heterocycles. The van der Waals surface area contributed by atoms with Crippen LogP contribution in [-0.2, 0) is 22.6 Å². The Morgan fingerprint density at radius 3 is 2.23 bits per heavy atom. The quantitative estimate of drug-likeness (QED) is 0.942. The summed E-state index contributed by atoms with van der Waals surface area (Å²) in [6, 6.07) is 11.8. The van der Waals surface area contributed by atoms with E-state index in [1.54, 1.807) is 21.1 Å². The number of amides is 2. The zero-order valence-electron chi connectivity index (χ0n) is 13.1. The number of fused-ring (bicyclic) bond motifs is 1. The van der Waals surface area contributed by atoms with Gasteiger partial charge in [-0.1, -0.05) is 30.3 Å². The molecular weight excluding hydrogens is 280 g/mol. The van der Waals surface area contributed by atoms with E-state index in [9.17, 15) is 9.59 Å². The van der Waals surface area contributed by atoms with Crippen LogP contribution in [0.3, 0.4) is 0 Å². The molecule has 0 aliphatic carbocycles. The molecule has 0 fully saturated rings. The number of nitrogens with one attached hydrogen (secondary N) is 1. The average Bonchev–Trinajstić information content (AvgIpc) is 2.52. The Hall–Kier alpha value is -2.56. The number of likely N-dealkylation sites (N-methyl/N-ethyl adjacent to an activating group) is 1. The lowest BCUT2D eigenvalue weighted by molar-refractivity contribution is -0.119. The zero-order chi connectivity index (χ0) is 16.1. The molecule has 0 atom stereocenters. The topological polar surface area (TPSA) is 58.6 Å². The molecule has 1 N–H and O–H groups in total. The fraction of sp³-hybridized carbons (Fsp3) is 0.294. The number of rotatable bonds is 4. The third-order valence-electron chi connectivity index (χ3n) is 3.34. The molecule has 5 nitrogen and oxygen atoms in total. The van der Waals surface area contributed by atoms with Gasteiger partial charge in [-0.2, -0.15) is 0 Å². The van der Waals surface area contributed by atoms with Gasteiger partial charge < -0.3 is 15.0 Å². The van der Waals surface area contributed by atoms with E-state index in [1.807, 2.05) is 36.4 Å². The Morgan fingerprint density at radius 2 is 1.64 bits per heavy atom. The van der Waals surface area contributed by atoms with Crippen LogP contribution < -0.4 is 5.32 Å². The van der Waals surface area contributed by atoms with Gasteiger partial charge in [0, 0.05) is 21.1 Å². The lowest BCUT2D eigenvalue weighted by Gasteiger charge is -2.11. The first-order chi connectivity index (χ1) is 10.5. The molecule has 2 rings (SSSR count). The molecule has 2 amide bonds. The molecule has 0 bridgehead atoms. The van der Waals surface area contributed by atoms with Crippen LogP contribution >= 0.6 is 0 Å². The second kappa shape index (κ2) is 6.93. The summed E-state index contributed by atoms with van der Waals surface area (Å²) < 4.78 is 5.16. The second-order valence-corrected chi connectivity index (χ2v) is 5.31. The number of hydrogen-bond donors (Lipinski definition) is 1. The van der Waals surface area contributed by atoms with Crippen LogP contribution in [-0.4, -0.2) is 38.0 Å². The first kappa shape index (κ1) is 15.8. The standard InChI is InChI=1S/C17H20N2O3/c1-18-16(20)10-12-4-6-15-9-13(5-7-14(15)8-12)11-22-17(21)19(2)3/h4-9H,10-11H2,1-3H3,(H,18,20). The van der Waals surface area contributed by atoms with Gasteiger partial charge in [0.05, 0.1) is 6.42 Å². The summed E-state index contributed by atoms with van der Waals surface area (Å²) >= 11 is 0. The highest BCUT2D eigenvalue weighted by molar-refractivity contribution is 5.86. The highest BCUT2D eigenvalue weighted by atomic mass is 16.6. The van der Waals surface area contributed by atoms with Crippen molar-refractivity contribution in [1.29, 1.82) is 0 Å². The van der Waals surface area contributed by atoms with E-state index in [2.05, 4.69) is 5.32 Å². The molecule has 0 aliphatic heterocycles. The molecule has 5 heteroatoms. The summed E-state index contributed by atoms with van der Waals surface area (Å²) in [6.45, 7) is 0.243. The van der Waals surface area contributed by atoms with Crippen molar-refractivity contribution in [3.8, 4) is 0 Å². The van der Waals surface area contributed by atoms with Crippen molar-refractivity contribution in [3.63, 3.8) is 0 Å². The Labute approximate surface area is 129 Å².